The largest absolute Gasteiger partial charge is 0.330 e. The molecule has 2 aromatic carbocycles. The van der Waals surface area contributed by atoms with Crippen LogP contribution in [0.25, 0.3) is 0 Å². The van der Waals surface area contributed by atoms with Crippen molar-refractivity contribution in [1.29, 1.82) is 0 Å². The first-order valence-corrected chi connectivity index (χ1v) is 7.16. The Hall–Kier alpha value is -1.38. The van der Waals surface area contributed by atoms with Crippen molar-refractivity contribution in [2.45, 2.75) is 19.8 Å². The van der Waals surface area contributed by atoms with Crippen LogP contribution in [0.15, 0.2) is 42.5 Å². The molecule has 0 saturated carbocycles. The van der Waals surface area contributed by atoms with Gasteiger partial charge in [-0.1, -0.05) is 35.9 Å². The maximum atomic E-state index is 13.3. The first-order valence-electron chi connectivity index (χ1n) is 6.78. The summed E-state index contributed by atoms with van der Waals surface area (Å²) >= 11 is 6.12. The van der Waals surface area contributed by atoms with Gasteiger partial charge in [0.1, 0.15) is 5.82 Å². The van der Waals surface area contributed by atoms with Crippen molar-refractivity contribution in [2.75, 3.05) is 6.54 Å². The van der Waals surface area contributed by atoms with Gasteiger partial charge in [0.15, 0.2) is 0 Å². The minimum Gasteiger partial charge on any atom is -0.330 e. The highest BCUT2D eigenvalue weighted by molar-refractivity contribution is 6.31. The third-order valence-electron chi connectivity index (χ3n) is 3.62. The van der Waals surface area contributed by atoms with E-state index in [9.17, 15) is 4.39 Å². The first-order chi connectivity index (χ1) is 9.60. The monoisotopic (exact) mass is 291 g/mol. The van der Waals surface area contributed by atoms with Crippen LogP contribution in [0.1, 0.15) is 16.7 Å². The predicted octanol–water partition coefficient (Wildman–Crippen LogP) is 4.15. The van der Waals surface area contributed by atoms with Crippen LogP contribution in [-0.2, 0) is 12.8 Å². The van der Waals surface area contributed by atoms with Crippen LogP contribution in [0.4, 0.5) is 4.39 Å². The van der Waals surface area contributed by atoms with Crippen molar-refractivity contribution in [2.24, 2.45) is 11.7 Å². The summed E-state index contributed by atoms with van der Waals surface area (Å²) in [5.74, 6) is 0.00598. The van der Waals surface area contributed by atoms with Gasteiger partial charge in [0.05, 0.1) is 0 Å². The van der Waals surface area contributed by atoms with Crippen LogP contribution in [0.2, 0.25) is 5.02 Å². The van der Waals surface area contributed by atoms with E-state index in [2.05, 4.69) is 19.1 Å². The Balaban J connectivity index is 2.13. The molecular formula is C17H19ClFN. The molecule has 2 aromatic rings. The highest BCUT2D eigenvalue weighted by Gasteiger charge is 2.13. The van der Waals surface area contributed by atoms with Gasteiger partial charge in [-0.2, -0.15) is 0 Å². The third kappa shape index (κ3) is 3.81. The molecule has 2 rings (SSSR count). The van der Waals surface area contributed by atoms with Gasteiger partial charge in [-0.05, 0) is 67.1 Å². The summed E-state index contributed by atoms with van der Waals surface area (Å²) in [7, 11) is 0. The van der Waals surface area contributed by atoms with E-state index in [4.69, 9.17) is 17.3 Å². The Morgan fingerprint density at radius 1 is 1.10 bits per heavy atom. The first kappa shape index (κ1) is 15.0. The Morgan fingerprint density at radius 3 is 2.50 bits per heavy atom. The van der Waals surface area contributed by atoms with E-state index in [1.165, 1.54) is 23.3 Å². The van der Waals surface area contributed by atoms with Crippen LogP contribution in [-0.4, -0.2) is 6.54 Å². The second-order valence-corrected chi connectivity index (χ2v) is 5.58. The molecule has 1 atom stereocenters. The third-order valence-corrected chi connectivity index (χ3v) is 3.99. The molecule has 2 N–H and O–H groups in total. The van der Waals surface area contributed by atoms with E-state index in [1.807, 2.05) is 12.1 Å². The lowest BCUT2D eigenvalue weighted by atomic mass is 9.91. The summed E-state index contributed by atoms with van der Waals surface area (Å²) in [5, 5.41) is 0.606. The van der Waals surface area contributed by atoms with Crippen molar-refractivity contribution >= 4 is 11.6 Å². The van der Waals surface area contributed by atoms with Crippen molar-refractivity contribution < 1.29 is 4.39 Å². The summed E-state index contributed by atoms with van der Waals surface area (Å²) in [6.45, 7) is 2.65. The SMILES string of the molecule is Cc1ccccc1CC(CN)Cc1cc(F)ccc1Cl. The topological polar surface area (TPSA) is 26.0 Å². The summed E-state index contributed by atoms with van der Waals surface area (Å²) in [6.07, 6.45) is 1.58. The maximum absolute atomic E-state index is 13.3. The Bertz CT molecular complexity index is 583. The van der Waals surface area contributed by atoms with E-state index in [1.54, 1.807) is 6.07 Å². The van der Waals surface area contributed by atoms with Crippen molar-refractivity contribution in [3.8, 4) is 0 Å². The van der Waals surface area contributed by atoms with Crippen molar-refractivity contribution in [3.63, 3.8) is 0 Å². The van der Waals surface area contributed by atoms with E-state index < -0.39 is 0 Å². The van der Waals surface area contributed by atoms with Crippen LogP contribution in [0.5, 0.6) is 0 Å². The zero-order valence-electron chi connectivity index (χ0n) is 11.6. The van der Waals surface area contributed by atoms with Gasteiger partial charge in [0, 0.05) is 5.02 Å². The number of benzene rings is 2. The molecule has 0 aromatic heterocycles. The molecule has 106 valence electrons. The molecule has 0 aliphatic carbocycles. The van der Waals surface area contributed by atoms with E-state index in [0.29, 0.717) is 18.0 Å². The van der Waals surface area contributed by atoms with Crippen LogP contribution >= 0.6 is 11.6 Å². The van der Waals surface area contributed by atoms with E-state index in [-0.39, 0.29) is 11.7 Å². The minimum absolute atomic E-state index is 0.254. The Labute approximate surface area is 124 Å². The molecule has 0 bridgehead atoms. The fourth-order valence-corrected chi connectivity index (χ4v) is 2.59. The van der Waals surface area contributed by atoms with Crippen molar-refractivity contribution in [1.82, 2.24) is 0 Å². The summed E-state index contributed by atoms with van der Waals surface area (Å²) < 4.78 is 13.3. The molecule has 0 fully saturated rings. The highest BCUT2D eigenvalue weighted by atomic mass is 35.5. The summed E-state index contributed by atoms with van der Waals surface area (Å²) in [6, 6.07) is 12.8. The Morgan fingerprint density at radius 2 is 1.80 bits per heavy atom. The second kappa shape index (κ2) is 6.87. The quantitative estimate of drug-likeness (QED) is 0.880. The molecule has 20 heavy (non-hydrogen) atoms. The van der Waals surface area contributed by atoms with E-state index in [0.717, 1.165) is 12.0 Å². The zero-order chi connectivity index (χ0) is 14.5. The number of hydrogen-bond acceptors (Lipinski definition) is 1. The fraction of sp³-hybridized carbons (Fsp3) is 0.294. The summed E-state index contributed by atoms with van der Waals surface area (Å²) in [5.41, 5.74) is 9.25. The van der Waals surface area contributed by atoms with Crippen LogP contribution < -0.4 is 5.73 Å². The number of nitrogens with two attached hydrogens (primary N) is 1. The molecule has 1 nitrogen and oxygen atoms in total. The van der Waals surface area contributed by atoms with Crippen LogP contribution in [0.3, 0.4) is 0 Å². The molecule has 0 heterocycles. The van der Waals surface area contributed by atoms with Gasteiger partial charge < -0.3 is 5.73 Å². The molecule has 0 amide bonds. The standard InChI is InChI=1S/C17H19ClFN/c1-12-4-2-3-5-14(12)8-13(11-20)9-15-10-16(19)6-7-17(15)18/h2-7,10,13H,8-9,11,20H2,1H3. The average molecular weight is 292 g/mol. The van der Waals surface area contributed by atoms with Gasteiger partial charge in [0.25, 0.3) is 0 Å². The maximum Gasteiger partial charge on any atom is 0.123 e. The normalized spacial score (nSPS) is 12.4. The molecule has 0 radical (unpaired) electrons. The molecule has 3 heteroatoms. The fourth-order valence-electron chi connectivity index (χ4n) is 2.40. The van der Waals surface area contributed by atoms with Gasteiger partial charge in [-0.15, -0.1) is 0 Å². The summed E-state index contributed by atoms with van der Waals surface area (Å²) in [4.78, 5) is 0. The number of hydrogen-bond donors (Lipinski definition) is 1. The van der Waals surface area contributed by atoms with Crippen molar-refractivity contribution in [3.05, 3.63) is 70.0 Å². The van der Waals surface area contributed by atoms with Gasteiger partial charge in [0.2, 0.25) is 0 Å². The number of halogens is 2. The highest BCUT2D eigenvalue weighted by Crippen LogP contribution is 2.22. The van der Waals surface area contributed by atoms with Crippen LogP contribution in [0, 0.1) is 18.7 Å². The predicted molar refractivity (Wildman–Crippen MR) is 82.5 cm³/mol. The van der Waals surface area contributed by atoms with Gasteiger partial charge in [-0.3, -0.25) is 0 Å². The second-order valence-electron chi connectivity index (χ2n) is 5.17. The molecule has 0 saturated heterocycles. The average Bonchev–Trinajstić information content (AvgIpc) is 2.44. The lowest BCUT2D eigenvalue weighted by Crippen LogP contribution is -2.20. The molecular weight excluding hydrogens is 273 g/mol. The number of rotatable bonds is 5. The zero-order valence-corrected chi connectivity index (χ0v) is 12.3. The molecule has 0 aliphatic rings. The van der Waals surface area contributed by atoms with Gasteiger partial charge >= 0.3 is 0 Å². The molecule has 0 spiro atoms. The molecule has 1 unspecified atom stereocenters. The van der Waals surface area contributed by atoms with Gasteiger partial charge in [-0.25, -0.2) is 4.39 Å². The molecule has 0 aliphatic heterocycles. The minimum atomic E-state index is -0.254. The number of aryl methyl sites for hydroxylation is 1. The Kier molecular flexibility index (Phi) is 5.16. The lowest BCUT2D eigenvalue weighted by molar-refractivity contribution is 0.529. The smallest absolute Gasteiger partial charge is 0.123 e. The lowest BCUT2D eigenvalue weighted by Gasteiger charge is -2.17. The van der Waals surface area contributed by atoms with E-state index >= 15 is 0 Å².